The molecule has 2 aliphatic rings. The zero-order chi connectivity index (χ0) is 24.5. The molecule has 0 saturated carbocycles. The molecule has 6 nitrogen and oxygen atoms in total. The van der Waals surface area contributed by atoms with Crippen LogP contribution < -0.4 is 10.9 Å². The van der Waals surface area contributed by atoms with Gasteiger partial charge in [-0.05, 0) is 60.7 Å². The summed E-state index contributed by atoms with van der Waals surface area (Å²) >= 11 is 3.48. The van der Waals surface area contributed by atoms with Crippen molar-refractivity contribution in [3.05, 3.63) is 110 Å². The number of hydrogen-bond acceptors (Lipinski definition) is 3. The molecule has 0 radical (unpaired) electrons. The fourth-order valence-corrected chi connectivity index (χ4v) is 5.58. The van der Waals surface area contributed by atoms with E-state index < -0.39 is 0 Å². The Morgan fingerprint density at radius 2 is 1.80 bits per heavy atom. The lowest BCUT2D eigenvalue weighted by molar-refractivity contribution is -0.130. The highest BCUT2D eigenvalue weighted by molar-refractivity contribution is 9.10. The molecule has 2 aliphatic heterocycles. The van der Waals surface area contributed by atoms with Gasteiger partial charge in [-0.1, -0.05) is 52.3 Å². The van der Waals surface area contributed by atoms with Crippen molar-refractivity contribution >= 4 is 33.8 Å². The number of likely N-dealkylation sites (tertiary alicyclic amines) is 1. The summed E-state index contributed by atoms with van der Waals surface area (Å²) in [6, 6.07) is 20.3. The Morgan fingerprint density at radius 3 is 2.60 bits per heavy atom. The van der Waals surface area contributed by atoms with Crippen LogP contribution in [0, 0.1) is 12.8 Å². The number of pyridine rings is 1. The number of nitrogens with one attached hydrogen (secondary N) is 1. The number of hydrogen-bond donors (Lipinski definition) is 1. The molecule has 3 aromatic rings. The fourth-order valence-electron chi connectivity index (χ4n) is 5.16. The van der Waals surface area contributed by atoms with E-state index in [9.17, 15) is 14.4 Å². The maximum atomic E-state index is 13.8. The van der Waals surface area contributed by atoms with E-state index in [1.807, 2.05) is 64.9 Å². The van der Waals surface area contributed by atoms with Crippen molar-refractivity contribution in [3.63, 3.8) is 0 Å². The predicted molar refractivity (Wildman–Crippen MR) is 139 cm³/mol. The number of aromatic nitrogens is 1. The molecule has 5 rings (SSSR count). The number of amides is 2. The molecular weight excluding hydrogens is 506 g/mol. The molecule has 1 saturated heterocycles. The average molecular weight is 532 g/mol. The highest BCUT2D eigenvalue weighted by atomic mass is 79.9. The van der Waals surface area contributed by atoms with Crippen molar-refractivity contribution in [2.75, 3.05) is 13.1 Å². The van der Waals surface area contributed by atoms with Crippen LogP contribution in [0.25, 0.3) is 6.08 Å². The zero-order valence-corrected chi connectivity index (χ0v) is 21.0. The molecule has 3 heterocycles. The first-order valence-corrected chi connectivity index (χ1v) is 12.5. The number of aryl methyl sites for hydroxylation is 1. The van der Waals surface area contributed by atoms with Gasteiger partial charge in [0.1, 0.15) is 5.70 Å². The lowest BCUT2D eigenvalue weighted by atomic mass is 9.83. The second-order valence-corrected chi connectivity index (χ2v) is 10.2. The molecule has 7 heteroatoms. The van der Waals surface area contributed by atoms with Gasteiger partial charge in [0.25, 0.3) is 17.4 Å². The fraction of sp³-hybridized carbons (Fsp3) is 0.250. The van der Waals surface area contributed by atoms with Crippen molar-refractivity contribution in [1.82, 2.24) is 14.8 Å². The van der Waals surface area contributed by atoms with E-state index in [1.54, 1.807) is 24.3 Å². The van der Waals surface area contributed by atoms with Crippen LogP contribution in [0.4, 0.5) is 0 Å². The summed E-state index contributed by atoms with van der Waals surface area (Å²) in [6.45, 7) is 3.54. The number of fused-ring (bicyclic) bond motifs is 4. The van der Waals surface area contributed by atoms with E-state index in [4.69, 9.17) is 0 Å². The highest BCUT2D eigenvalue weighted by Gasteiger charge is 2.37. The summed E-state index contributed by atoms with van der Waals surface area (Å²) < 4.78 is 2.73. The summed E-state index contributed by atoms with van der Waals surface area (Å²) in [4.78, 5) is 41.1. The minimum Gasteiger partial charge on any atom is -0.336 e. The molecule has 2 aromatic carbocycles. The molecule has 1 fully saturated rings. The first-order chi connectivity index (χ1) is 16.9. The molecule has 0 unspecified atom stereocenters. The van der Waals surface area contributed by atoms with Gasteiger partial charge in [-0.15, -0.1) is 0 Å². The smallest absolute Gasteiger partial charge is 0.270 e. The van der Waals surface area contributed by atoms with Crippen LogP contribution in [-0.2, 0) is 11.3 Å². The van der Waals surface area contributed by atoms with Crippen LogP contribution in [0.1, 0.15) is 39.5 Å². The first-order valence-electron chi connectivity index (χ1n) is 11.7. The monoisotopic (exact) mass is 531 g/mol. The zero-order valence-electron chi connectivity index (χ0n) is 19.4. The van der Waals surface area contributed by atoms with E-state index in [-0.39, 0.29) is 34.9 Å². The largest absolute Gasteiger partial charge is 0.336 e. The topological polar surface area (TPSA) is 71.4 Å². The maximum absolute atomic E-state index is 13.8. The minimum absolute atomic E-state index is 0.0118. The maximum Gasteiger partial charge on any atom is 0.270 e. The predicted octanol–water partition coefficient (Wildman–Crippen LogP) is 4.34. The van der Waals surface area contributed by atoms with Crippen LogP contribution in [-0.4, -0.2) is 34.4 Å². The molecular formula is C28H26BrN3O3. The number of carbonyl (C=O) groups excluding carboxylic acids is 2. The van der Waals surface area contributed by atoms with Crippen molar-refractivity contribution in [3.8, 4) is 0 Å². The van der Waals surface area contributed by atoms with Gasteiger partial charge in [-0.3, -0.25) is 14.4 Å². The number of rotatable bonds is 4. The van der Waals surface area contributed by atoms with Crippen LogP contribution in [0.5, 0.6) is 0 Å². The number of nitrogens with zero attached hydrogens (tertiary/aromatic N) is 2. The van der Waals surface area contributed by atoms with Crippen LogP contribution in [0.2, 0.25) is 0 Å². The van der Waals surface area contributed by atoms with E-state index in [1.165, 1.54) is 0 Å². The third-order valence-electron chi connectivity index (χ3n) is 6.79. The Bertz CT molecular complexity index is 1390. The quantitative estimate of drug-likeness (QED) is 0.509. The lowest BCUT2D eigenvalue weighted by Crippen LogP contribution is -2.50. The second kappa shape index (κ2) is 9.66. The van der Waals surface area contributed by atoms with Gasteiger partial charge >= 0.3 is 0 Å². The van der Waals surface area contributed by atoms with E-state index in [0.717, 1.165) is 27.7 Å². The number of carbonyl (C=O) groups is 2. The van der Waals surface area contributed by atoms with Crippen molar-refractivity contribution in [2.45, 2.75) is 25.8 Å². The Kier molecular flexibility index (Phi) is 6.43. The Hall–Kier alpha value is -3.45. The van der Waals surface area contributed by atoms with Gasteiger partial charge in [0.15, 0.2) is 0 Å². The van der Waals surface area contributed by atoms with Crippen molar-refractivity contribution < 1.29 is 9.59 Å². The minimum atomic E-state index is -0.313. The standard InChI is InChI=1S/C28H26BrN3O3/c1-18-6-2-3-9-23(18)27(34)30-24(14-19-7-4-8-22(29)13-19)28(35)31-15-20-12-21(17-31)25-10-5-11-26(33)32(25)16-20/h2-11,13-14,20-21H,12,15-17H2,1H3,(H,30,34)/b24-14+/t20-,21+/m1/s1. The Labute approximate surface area is 212 Å². The first kappa shape index (κ1) is 23.3. The van der Waals surface area contributed by atoms with E-state index in [2.05, 4.69) is 21.2 Å². The molecule has 2 bridgehead atoms. The van der Waals surface area contributed by atoms with Gasteiger partial charge in [0.2, 0.25) is 0 Å². The van der Waals surface area contributed by atoms with Gasteiger partial charge in [-0.2, -0.15) is 0 Å². The van der Waals surface area contributed by atoms with Crippen molar-refractivity contribution in [2.24, 2.45) is 5.92 Å². The van der Waals surface area contributed by atoms with Gasteiger partial charge < -0.3 is 14.8 Å². The molecule has 1 N–H and O–H groups in total. The molecule has 178 valence electrons. The van der Waals surface area contributed by atoms with Gasteiger partial charge in [0.05, 0.1) is 0 Å². The third-order valence-corrected chi connectivity index (χ3v) is 7.29. The second-order valence-electron chi connectivity index (χ2n) is 9.29. The summed E-state index contributed by atoms with van der Waals surface area (Å²) in [5, 5.41) is 2.89. The molecule has 2 atom stereocenters. The summed E-state index contributed by atoms with van der Waals surface area (Å²) in [5.74, 6) is -0.232. The SMILES string of the molecule is Cc1ccccc1C(=O)N/C(=C/c1cccc(Br)c1)C(=O)N1C[C@H]2C[C@@H](C1)c1cccc(=O)n1C2. The molecule has 0 spiro atoms. The van der Waals surface area contributed by atoms with Gasteiger partial charge in [0, 0.05) is 47.3 Å². The number of halogens is 1. The molecule has 1 aromatic heterocycles. The van der Waals surface area contributed by atoms with Crippen molar-refractivity contribution in [1.29, 1.82) is 0 Å². The highest BCUT2D eigenvalue weighted by Crippen LogP contribution is 2.35. The van der Waals surface area contributed by atoms with Gasteiger partial charge in [-0.25, -0.2) is 0 Å². The molecule has 2 amide bonds. The van der Waals surface area contributed by atoms with Crippen LogP contribution in [0.15, 0.2) is 81.7 Å². The average Bonchev–Trinajstić information content (AvgIpc) is 2.84. The molecule has 0 aliphatic carbocycles. The Balaban J connectivity index is 1.46. The summed E-state index contributed by atoms with van der Waals surface area (Å²) in [7, 11) is 0. The lowest BCUT2D eigenvalue weighted by Gasteiger charge is -2.43. The summed E-state index contributed by atoms with van der Waals surface area (Å²) in [5.41, 5.74) is 3.41. The number of piperidine rings is 1. The van der Waals surface area contributed by atoms with Crippen LogP contribution in [0.3, 0.4) is 0 Å². The van der Waals surface area contributed by atoms with Crippen LogP contribution >= 0.6 is 15.9 Å². The Morgan fingerprint density at radius 1 is 1.00 bits per heavy atom. The normalized spacial score (nSPS) is 19.1. The van der Waals surface area contributed by atoms with E-state index in [0.29, 0.717) is 25.2 Å². The van der Waals surface area contributed by atoms with E-state index >= 15 is 0 Å². The number of benzene rings is 2. The molecule has 35 heavy (non-hydrogen) atoms. The summed E-state index contributed by atoms with van der Waals surface area (Å²) in [6.07, 6.45) is 2.68. The third kappa shape index (κ3) is 4.86.